The minimum atomic E-state index is 0.716. The van der Waals surface area contributed by atoms with Gasteiger partial charge in [-0.05, 0) is 42.9 Å². The van der Waals surface area contributed by atoms with Crippen molar-refractivity contribution in [3.8, 4) is 0 Å². The molecule has 0 aromatic heterocycles. The summed E-state index contributed by atoms with van der Waals surface area (Å²) < 4.78 is 0. The molecule has 0 bridgehead atoms. The quantitative estimate of drug-likeness (QED) is 0.628. The van der Waals surface area contributed by atoms with Crippen LogP contribution in [0.1, 0.15) is 65.7 Å². The molecule has 1 saturated carbocycles. The molecule has 0 amide bonds. The van der Waals surface area contributed by atoms with Crippen molar-refractivity contribution < 1.29 is 0 Å². The Bertz CT molecular complexity index is 216. The van der Waals surface area contributed by atoms with Gasteiger partial charge in [-0.15, -0.1) is 0 Å². The summed E-state index contributed by atoms with van der Waals surface area (Å²) in [5, 5.41) is 0. The molecule has 16 heavy (non-hydrogen) atoms. The summed E-state index contributed by atoms with van der Waals surface area (Å²) in [6.07, 6.45) is 10.0. The van der Waals surface area contributed by atoms with Gasteiger partial charge in [0.2, 0.25) is 0 Å². The summed E-state index contributed by atoms with van der Waals surface area (Å²) in [4.78, 5) is 2.74. The van der Waals surface area contributed by atoms with Gasteiger partial charge < -0.3 is 4.90 Å². The van der Waals surface area contributed by atoms with Crippen LogP contribution < -0.4 is 0 Å². The first-order chi connectivity index (χ1) is 7.67. The summed E-state index contributed by atoms with van der Waals surface area (Å²) in [5.41, 5.74) is 1.47. The molecule has 0 atom stereocenters. The van der Waals surface area contributed by atoms with Crippen molar-refractivity contribution in [2.45, 2.75) is 65.7 Å². The van der Waals surface area contributed by atoms with E-state index >= 15 is 0 Å². The van der Waals surface area contributed by atoms with Gasteiger partial charge in [-0.2, -0.15) is 0 Å². The molecule has 0 aromatic rings. The van der Waals surface area contributed by atoms with Crippen LogP contribution >= 0.6 is 0 Å². The zero-order valence-electron chi connectivity index (χ0n) is 11.5. The molecule has 2 aliphatic rings. The van der Waals surface area contributed by atoms with Crippen molar-refractivity contribution in [2.75, 3.05) is 19.6 Å². The van der Waals surface area contributed by atoms with Crippen LogP contribution in [0.3, 0.4) is 0 Å². The normalized spacial score (nSPS) is 26.4. The van der Waals surface area contributed by atoms with Crippen molar-refractivity contribution in [3.63, 3.8) is 0 Å². The van der Waals surface area contributed by atoms with E-state index in [9.17, 15) is 0 Å². The van der Waals surface area contributed by atoms with Gasteiger partial charge in [-0.25, -0.2) is 0 Å². The maximum Gasteiger partial charge on any atom is 0.00507 e. The van der Waals surface area contributed by atoms with Gasteiger partial charge in [0.05, 0.1) is 0 Å². The van der Waals surface area contributed by atoms with Crippen LogP contribution in [0.15, 0.2) is 0 Å². The molecule has 0 spiro atoms. The highest BCUT2D eigenvalue weighted by Crippen LogP contribution is 2.51. The van der Waals surface area contributed by atoms with E-state index in [1.54, 1.807) is 0 Å². The number of hydrogen-bond donors (Lipinski definition) is 0. The molecule has 1 heterocycles. The lowest BCUT2D eigenvalue weighted by molar-refractivity contribution is -0.0272. The van der Waals surface area contributed by atoms with Gasteiger partial charge in [0, 0.05) is 19.6 Å². The standard InChI is InChI=1S/C15H29N/c1-4-7-15(8-5-2)12-16(13-15)11-14(6-3)9-10-14/h4-13H2,1-3H3. The first-order valence-electron chi connectivity index (χ1n) is 7.40. The van der Waals surface area contributed by atoms with Gasteiger partial charge in [-0.1, -0.05) is 33.6 Å². The molecule has 1 heteroatoms. The molecule has 0 aromatic carbocycles. The molecule has 1 saturated heterocycles. The third-order valence-corrected chi connectivity index (χ3v) is 4.94. The smallest absolute Gasteiger partial charge is 0.00507 e. The van der Waals surface area contributed by atoms with E-state index in [2.05, 4.69) is 25.7 Å². The van der Waals surface area contributed by atoms with E-state index in [1.165, 1.54) is 64.6 Å². The van der Waals surface area contributed by atoms with E-state index in [0.717, 1.165) is 5.41 Å². The highest BCUT2D eigenvalue weighted by Gasteiger charge is 2.48. The molecule has 0 radical (unpaired) electrons. The van der Waals surface area contributed by atoms with Crippen LogP contribution in [0.5, 0.6) is 0 Å². The molecule has 2 rings (SSSR count). The van der Waals surface area contributed by atoms with E-state index in [1.807, 2.05) is 0 Å². The number of rotatable bonds is 7. The Kier molecular flexibility index (Phi) is 3.63. The fraction of sp³-hybridized carbons (Fsp3) is 1.00. The van der Waals surface area contributed by atoms with E-state index in [-0.39, 0.29) is 0 Å². The molecule has 0 unspecified atom stereocenters. The summed E-state index contributed by atoms with van der Waals surface area (Å²) in [7, 11) is 0. The third kappa shape index (κ3) is 2.45. The fourth-order valence-corrected chi connectivity index (χ4v) is 3.79. The van der Waals surface area contributed by atoms with Crippen molar-refractivity contribution in [1.29, 1.82) is 0 Å². The van der Waals surface area contributed by atoms with Crippen molar-refractivity contribution in [1.82, 2.24) is 4.90 Å². The molecule has 1 nitrogen and oxygen atoms in total. The van der Waals surface area contributed by atoms with Crippen LogP contribution in [0.4, 0.5) is 0 Å². The molecular formula is C15H29N. The zero-order valence-corrected chi connectivity index (χ0v) is 11.5. The van der Waals surface area contributed by atoms with Crippen LogP contribution in [0.2, 0.25) is 0 Å². The largest absolute Gasteiger partial charge is 0.302 e. The second-order valence-electron chi connectivity index (χ2n) is 6.50. The van der Waals surface area contributed by atoms with E-state index < -0.39 is 0 Å². The summed E-state index contributed by atoms with van der Waals surface area (Å²) in [5.74, 6) is 0. The Morgan fingerprint density at radius 3 is 1.81 bits per heavy atom. The van der Waals surface area contributed by atoms with Crippen molar-refractivity contribution >= 4 is 0 Å². The predicted octanol–water partition coefficient (Wildman–Crippen LogP) is 4.08. The van der Waals surface area contributed by atoms with Gasteiger partial charge >= 0.3 is 0 Å². The number of hydrogen-bond acceptors (Lipinski definition) is 1. The fourth-order valence-electron chi connectivity index (χ4n) is 3.79. The highest BCUT2D eigenvalue weighted by atomic mass is 15.2. The van der Waals surface area contributed by atoms with E-state index in [4.69, 9.17) is 0 Å². The lowest BCUT2D eigenvalue weighted by Crippen LogP contribution is -2.57. The maximum atomic E-state index is 2.74. The molecular weight excluding hydrogens is 194 g/mol. The SMILES string of the molecule is CCCC1(CCC)CN(CC2(CC)CC2)C1. The lowest BCUT2D eigenvalue weighted by atomic mass is 9.72. The zero-order chi connectivity index (χ0) is 11.6. The molecule has 94 valence electrons. The highest BCUT2D eigenvalue weighted by molar-refractivity contribution is 5.01. The first kappa shape index (κ1) is 12.4. The maximum absolute atomic E-state index is 2.74. The second-order valence-corrected chi connectivity index (χ2v) is 6.50. The summed E-state index contributed by atoms with van der Waals surface area (Å²) in [6, 6.07) is 0. The Morgan fingerprint density at radius 2 is 1.44 bits per heavy atom. The Morgan fingerprint density at radius 1 is 0.875 bits per heavy atom. The Labute approximate surface area is 102 Å². The second kappa shape index (κ2) is 4.68. The molecule has 2 fully saturated rings. The van der Waals surface area contributed by atoms with Crippen LogP contribution in [0, 0.1) is 10.8 Å². The van der Waals surface area contributed by atoms with Crippen LogP contribution in [-0.4, -0.2) is 24.5 Å². The first-order valence-corrected chi connectivity index (χ1v) is 7.40. The monoisotopic (exact) mass is 223 g/mol. The van der Waals surface area contributed by atoms with Gasteiger partial charge in [-0.3, -0.25) is 0 Å². The number of nitrogens with zero attached hydrogens (tertiary/aromatic N) is 1. The third-order valence-electron chi connectivity index (χ3n) is 4.94. The van der Waals surface area contributed by atoms with E-state index in [0.29, 0.717) is 5.41 Å². The van der Waals surface area contributed by atoms with Crippen molar-refractivity contribution in [3.05, 3.63) is 0 Å². The van der Waals surface area contributed by atoms with Crippen molar-refractivity contribution in [2.24, 2.45) is 10.8 Å². The summed E-state index contributed by atoms with van der Waals surface area (Å²) >= 11 is 0. The minimum absolute atomic E-state index is 0.716. The van der Waals surface area contributed by atoms with Gasteiger partial charge in [0.25, 0.3) is 0 Å². The Hall–Kier alpha value is -0.0400. The Balaban J connectivity index is 1.77. The lowest BCUT2D eigenvalue weighted by Gasteiger charge is -2.52. The minimum Gasteiger partial charge on any atom is -0.302 e. The predicted molar refractivity (Wildman–Crippen MR) is 70.6 cm³/mol. The van der Waals surface area contributed by atoms with Gasteiger partial charge in [0.15, 0.2) is 0 Å². The molecule has 1 aliphatic heterocycles. The average molecular weight is 223 g/mol. The molecule has 0 N–H and O–H groups in total. The summed E-state index contributed by atoms with van der Waals surface area (Å²) in [6.45, 7) is 11.3. The average Bonchev–Trinajstić information content (AvgIpc) is 2.97. The molecule has 1 aliphatic carbocycles. The van der Waals surface area contributed by atoms with Crippen LogP contribution in [0.25, 0.3) is 0 Å². The van der Waals surface area contributed by atoms with Gasteiger partial charge in [0.1, 0.15) is 0 Å². The topological polar surface area (TPSA) is 3.24 Å². The number of likely N-dealkylation sites (tertiary alicyclic amines) is 1. The van der Waals surface area contributed by atoms with Crippen LogP contribution in [-0.2, 0) is 0 Å².